The zero-order valence-electron chi connectivity index (χ0n) is 14.4. The number of benzene rings is 1. The number of aromatic nitrogens is 3. The molecule has 2 aromatic heterocycles. The first kappa shape index (κ1) is 14.9. The predicted octanol–water partition coefficient (Wildman–Crippen LogP) is 3.49. The summed E-state index contributed by atoms with van der Waals surface area (Å²) in [4.78, 5) is 14.7. The molecule has 3 aliphatic rings. The van der Waals surface area contributed by atoms with Crippen molar-refractivity contribution in [2.75, 3.05) is 13.1 Å². The van der Waals surface area contributed by atoms with Crippen molar-refractivity contribution in [2.24, 2.45) is 5.92 Å². The van der Waals surface area contributed by atoms with E-state index in [1.54, 1.807) is 0 Å². The molecule has 0 spiro atoms. The van der Waals surface area contributed by atoms with Crippen LogP contribution in [-0.4, -0.2) is 45.1 Å². The summed E-state index contributed by atoms with van der Waals surface area (Å²) >= 11 is 0. The predicted molar refractivity (Wildman–Crippen MR) is 97.5 cm³/mol. The van der Waals surface area contributed by atoms with Crippen LogP contribution in [-0.2, 0) is 0 Å². The second-order valence-electron chi connectivity index (χ2n) is 7.23. The van der Waals surface area contributed by atoms with Crippen LogP contribution < -0.4 is 4.74 Å². The van der Waals surface area contributed by atoms with Gasteiger partial charge in [-0.3, -0.25) is 4.90 Å². The molecule has 1 aromatic carbocycles. The molecule has 5 nitrogen and oxygen atoms in total. The van der Waals surface area contributed by atoms with E-state index >= 15 is 0 Å². The summed E-state index contributed by atoms with van der Waals surface area (Å²) in [7, 11) is 0. The van der Waals surface area contributed by atoms with E-state index < -0.39 is 0 Å². The van der Waals surface area contributed by atoms with Gasteiger partial charge >= 0.3 is 6.01 Å². The van der Waals surface area contributed by atoms with Crippen molar-refractivity contribution < 1.29 is 4.74 Å². The Hall–Kier alpha value is -2.40. The van der Waals surface area contributed by atoms with Crippen LogP contribution in [0.4, 0.5) is 0 Å². The molecular formula is C20H22N4O. The normalized spacial score (nSPS) is 28.4. The molecule has 0 saturated carbocycles. The third-order valence-electron chi connectivity index (χ3n) is 5.85. The van der Waals surface area contributed by atoms with Gasteiger partial charge in [0.15, 0.2) is 0 Å². The number of nitrogens with one attached hydrogen (secondary N) is 1. The number of hydrogen-bond donors (Lipinski definition) is 1. The summed E-state index contributed by atoms with van der Waals surface area (Å²) in [5.41, 5.74) is 3.27. The van der Waals surface area contributed by atoms with E-state index in [1.165, 1.54) is 31.3 Å². The second-order valence-corrected chi connectivity index (χ2v) is 7.23. The highest BCUT2D eigenvalue weighted by molar-refractivity contribution is 5.84. The van der Waals surface area contributed by atoms with Gasteiger partial charge in [-0.2, -0.15) is 0 Å². The molecule has 128 valence electrons. The van der Waals surface area contributed by atoms with Gasteiger partial charge in [0, 0.05) is 35.7 Å². The fourth-order valence-corrected chi connectivity index (χ4v) is 4.33. The lowest BCUT2D eigenvalue weighted by molar-refractivity contribution is -0.0544. The number of H-pyrrole nitrogens is 1. The number of piperidine rings is 3. The Morgan fingerprint density at radius 3 is 2.64 bits per heavy atom. The maximum absolute atomic E-state index is 6.18. The van der Waals surface area contributed by atoms with Gasteiger partial charge < -0.3 is 9.72 Å². The molecule has 3 aliphatic heterocycles. The Labute approximate surface area is 147 Å². The number of nitrogens with zero attached hydrogens (tertiary/aromatic N) is 3. The van der Waals surface area contributed by atoms with Crippen LogP contribution in [0.5, 0.6) is 6.01 Å². The monoisotopic (exact) mass is 334 g/mol. The smallest absolute Gasteiger partial charge is 0.316 e. The van der Waals surface area contributed by atoms with Gasteiger partial charge in [-0.25, -0.2) is 9.97 Å². The fraction of sp³-hybridized carbons (Fsp3) is 0.400. The number of ether oxygens (including phenoxy) is 1. The molecule has 0 amide bonds. The summed E-state index contributed by atoms with van der Waals surface area (Å²) in [6.45, 7) is 4.66. The first-order valence-electron chi connectivity index (χ1n) is 9.08. The molecule has 3 saturated heterocycles. The lowest BCUT2D eigenvalue weighted by Crippen LogP contribution is -2.58. The molecule has 0 unspecified atom stereocenters. The van der Waals surface area contributed by atoms with E-state index in [1.807, 2.05) is 18.6 Å². The Morgan fingerprint density at radius 1 is 1.08 bits per heavy atom. The van der Waals surface area contributed by atoms with Crippen LogP contribution in [0.3, 0.4) is 0 Å². The maximum Gasteiger partial charge on any atom is 0.316 e. The Kier molecular flexibility index (Phi) is 3.48. The van der Waals surface area contributed by atoms with Crippen molar-refractivity contribution >= 4 is 10.9 Å². The molecule has 3 fully saturated rings. The van der Waals surface area contributed by atoms with E-state index in [9.17, 15) is 0 Å². The number of hydrogen-bond acceptors (Lipinski definition) is 4. The van der Waals surface area contributed by atoms with Crippen LogP contribution in [0.2, 0.25) is 0 Å². The van der Waals surface area contributed by atoms with Crippen molar-refractivity contribution in [1.82, 2.24) is 19.9 Å². The lowest BCUT2D eigenvalue weighted by Gasteiger charge is -2.48. The van der Waals surface area contributed by atoms with Crippen LogP contribution in [0, 0.1) is 5.92 Å². The van der Waals surface area contributed by atoms with Crippen LogP contribution in [0.15, 0.2) is 42.9 Å². The molecule has 0 aliphatic carbocycles. The standard InChI is InChI=1S/C20H22N4O/c1-13-19(14-5-8-24(13)9-6-14)25-20-22-11-17(12-23-20)15-2-3-18-16(10-15)4-7-21-18/h2-4,7,10-14,19,21H,5-6,8-9H2,1H3/t13-,19+/m0/s1. The number of rotatable bonds is 3. The maximum atomic E-state index is 6.18. The van der Waals surface area contributed by atoms with Crippen molar-refractivity contribution in [1.29, 1.82) is 0 Å². The van der Waals surface area contributed by atoms with Gasteiger partial charge in [-0.05, 0) is 67.9 Å². The van der Waals surface area contributed by atoms with Crippen molar-refractivity contribution in [3.8, 4) is 17.1 Å². The molecule has 25 heavy (non-hydrogen) atoms. The number of fused-ring (bicyclic) bond motifs is 4. The first-order valence-corrected chi connectivity index (χ1v) is 9.08. The van der Waals surface area contributed by atoms with E-state index in [4.69, 9.17) is 4.74 Å². The van der Waals surface area contributed by atoms with Gasteiger partial charge in [0.25, 0.3) is 0 Å². The highest BCUT2D eigenvalue weighted by Crippen LogP contribution is 2.34. The topological polar surface area (TPSA) is 54.0 Å². The van der Waals surface area contributed by atoms with Crippen LogP contribution in [0.1, 0.15) is 19.8 Å². The molecule has 2 atom stereocenters. The largest absolute Gasteiger partial charge is 0.458 e. The van der Waals surface area contributed by atoms with E-state index in [-0.39, 0.29) is 6.10 Å². The molecule has 3 aromatic rings. The highest BCUT2D eigenvalue weighted by Gasteiger charge is 2.41. The van der Waals surface area contributed by atoms with E-state index in [0.717, 1.165) is 16.6 Å². The Morgan fingerprint density at radius 2 is 1.88 bits per heavy atom. The molecule has 0 radical (unpaired) electrons. The molecule has 1 N–H and O–H groups in total. The molecule has 5 heterocycles. The molecular weight excluding hydrogens is 312 g/mol. The van der Waals surface area contributed by atoms with Gasteiger partial charge in [0.05, 0.1) is 0 Å². The second kappa shape index (κ2) is 5.85. The number of aromatic amines is 1. The summed E-state index contributed by atoms with van der Waals surface area (Å²) in [5, 5.41) is 1.19. The molecule has 5 heteroatoms. The van der Waals surface area contributed by atoms with E-state index in [2.05, 4.69) is 51.0 Å². The summed E-state index contributed by atoms with van der Waals surface area (Å²) in [5.74, 6) is 0.638. The van der Waals surface area contributed by atoms with Crippen molar-refractivity contribution in [2.45, 2.75) is 31.9 Å². The zero-order chi connectivity index (χ0) is 16.8. The van der Waals surface area contributed by atoms with Gasteiger partial charge in [-0.1, -0.05) is 6.07 Å². The van der Waals surface area contributed by atoms with Crippen LogP contribution in [0.25, 0.3) is 22.0 Å². The average Bonchev–Trinajstić information content (AvgIpc) is 3.13. The lowest BCUT2D eigenvalue weighted by atomic mass is 9.81. The summed E-state index contributed by atoms with van der Waals surface area (Å²) < 4.78 is 6.18. The minimum atomic E-state index is 0.213. The molecule has 2 bridgehead atoms. The average molecular weight is 334 g/mol. The van der Waals surface area contributed by atoms with E-state index in [0.29, 0.717) is 18.0 Å². The van der Waals surface area contributed by atoms with Crippen molar-refractivity contribution in [3.63, 3.8) is 0 Å². The minimum absolute atomic E-state index is 0.213. The van der Waals surface area contributed by atoms with Crippen molar-refractivity contribution in [3.05, 3.63) is 42.9 Å². The quantitative estimate of drug-likeness (QED) is 0.797. The summed E-state index contributed by atoms with van der Waals surface area (Å²) in [6, 6.07) is 9.35. The fourth-order valence-electron chi connectivity index (χ4n) is 4.33. The van der Waals surface area contributed by atoms with Gasteiger partial charge in [0.1, 0.15) is 6.10 Å². The third-order valence-corrected chi connectivity index (χ3v) is 5.85. The Balaban J connectivity index is 1.36. The minimum Gasteiger partial charge on any atom is -0.458 e. The van der Waals surface area contributed by atoms with Gasteiger partial charge in [-0.15, -0.1) is 0 Å². The zero-order valence-corrected chi connectivity index (χ0v) is 14.4. The third kappa shape index (κ3) is 2.59. The van der Waals surface area contributed by atoms with Gasteiger partial charge in [0.2, 0.25) is 0 Å². The SMILES string of the molecule is C[C@H]1[C@@H](Oc2ncc(-c3ccc4[nH]ccc4c3)cn2)C2CCN1CC2. The first-order chi connectivity index (χ1) is 12.3. The highest BCUT2D eigenvalue weighted by atomic mass is 16.5. The summed E-state index contributed by atoms with van der Waals surface area (Å²) in [6.07, 6.45) is 8.35. The Bertz CT molecular complexity index is 878. The van der Waals surface area contributed by atoms with Crippen LogP contribution >= 0.6 is 0 Å². The molecule has 6 rings (SSSR count).